The van der Waals surface area contributed by atoms with Crippen molar-refractivity contribution in [2.45, 2.75) is 154 Å². The molecule has 0 spiro atoms. The maximum atomic E-state index is 12.6. The van der Waals surface area contributed by atoms with Gasteiger partial charge in [0, 0.05) is 19.3 Å². The number of hydrogen-bond acceptors (Lipinski definition) is 7. The molecule has 282 valence electrons. The maximum absolute atomic E-state index is 12.6. The van der Waals surface area contributed by atoms with Gasteiger partial charge in [0.25, 0.3) is 0 Å². The van der Waals surface area contributed by atoms with E-state index in [-0.39, 0.29) is 42.7 Å². The summed E-state index contributed by atoms with van der Waals surface area (Å²) in [6.07, 6.45) is 35.6. The van der Waals surface area contributed by atoms with Crippen molar-refractivity contribution in [3.05, 3.63) is 48.6 Å². The van der Waals surface area contributed by atoms with E-state index in [1.54, 1.807) is 21.1 Å². The molecule has 0 aliphatic rings. The van der Waals surface area contributed by atoms with Crippen molar-refractivity contribution >= 4 is 17.9 Å². The van der Waals surface area contributed by atoms with Crippen molar-refractivity contribution < 1.29 is 38.2 Å². The van der Waals surface area contributed by atoms with Crippen LogP contribution >= 0.6 is 0 Å². The first-order valence-electron chi connectivity index (χ1n) is 19.2. The van der Waals surface area contributed by atoms with Gasteiger partial charge in [-0.05, 0) is 32.1 Å². The van der Waals surface area contributed by atoms with Crippen molar-refractivity contribution in [1.29, 1.82) is 0 Å². The summed E-state index contributed by atoms with van der Waals surface area (Å²) in [5, 5.41) is 11.6. The number of allylic oxidation sites excluding steroid dienone is 8. The number of carbonyl (C=O) groups is 3. The van der Waals surface area contributed by atoms with E-state index in [1.165, 1.54) is 44.9 Å². The Morgan fingerprint density at radius 2 is 1.14 bits per heavy atom. The molecule has 0 saturated heterocycles. The number of ether oxygens (including phenoxy) is 3. The van der Waals surface area contributed by atoms with Crippen LogP contribution in [0.1, 0.15) is 142 Å². The average molecular weight is 690 g/mol. The molecule has 0 aliphatic carbocycles. The largest absolute Gasteiger partial charge is 0.544 e. The first-order valence-corrected chi connectivity index (χ1v) is 19.2. The smallest absolute Gasteiger partial charge is 0.306 e. The highest BCUT2D eigenvalue weighted by Crippen LogP contribution is 2.13. The van der Waals surface area contributed by atoms with Gasteiger partial charge in [-0.1, -0.05) is 140 Å². The van der Waals surface area contributed by atoms with Crippen LogP contribution in [-0.4, -0.2) is 75.5 Å². The van der Waals surface area contributed by atoms with Crippen LogP contribution in [0.15, 0.2) is 48.6 Å². The number of quaternary nitrogens is 1. The van der Waals surface area contributed by atoms with Gasteiger partial charge in [0.05, 0.1) is 40.3 Å². The number of esters is 2. The zero-order valence-electron chi connectivity index (χ0n) is 31.8. The van der Waals surface area contributed by atoms with Gasteiger partial charge in [0.15, 0.2) is 6.10 Å². The van der Waals surface area contributed by atoms with E-state index in [1.807, 2.05) is 30.4 Å². The summed E-state index contributed by atoms with van der Waals surface area (Å²) in [4.78, 5) is 36.6. The molecule has 0 aliphatic heterocycles. The van der Waals surface area contributed by atoms with Crippen LogP contribution in [0.4, 0.5) is 0 Å². The second-order valence-corrected chi connectivity index (χ2v) is 13.9. The lowest BCUT2D eigenvalue weighted by molar-refractivity contribution is -0.889. The molecular formula is C41H71NO7. The summed E-state index contributed by atoms with van der Waals surface area (Å²) in [5.41, 5.74) is 0. The molecule has 0 radical (unpaired) electrons. The van der Waals surface area contributed by atoms with Gasteiger partial charge in [-0.15, -0.1) is 0 Å². The van der Waals surface area contributed by atoms with Crippen LogP contribution in [0, 0.1) is 0 Å². The minimum Gasteiger partial charge on any atom is -0.544 e. The summed E-state index contributed by atoms with van der Waals surface area (Å²) < 4.78 is 17.0. The number of carbonyl (C=O) groups excluding carboxylic acids is 3. The number of likely N-dealkylation sites (N-methyl/N-ethyl adjacent to an activating group) is 1. The lowest BCUT2D eigenvalue weighted by atomic mass is 10.1. The highest BCUT2D eigenvalue weighted by atomic mass is 16.6. The van der Waals surface area contributed by atoms with Gasteiger partial charge in [0.2, 0.25) is 0 Å². The standard InChI is InChI=1S/C41H71NO7/c1-6-8-10-12-14-16-18-19-20-21-22-24-26-28-30-32-40(44)49-37(35-47-34-33-38(41(45)46)42(3,4)5)36-48-39(43)31-29-27-25-23-17-15-13-11-9-7-2/h8,10,12,14,16,18-20,37-38H,6-7,9,11,13,15,17,21-36H2,1-5H3/b10-8+,14-12+,18-16+,20-19+. The van der Waals surface area contributed by atoms with Crippen molar-refractivity contribution in [1.82, 2.24) is 0 Å². The Balaban J connectivity index is 4.47. The summed E-state index contributed by atoms with van der Waals surface area (Å²) in [6, 6.07) is -0.729. The highest BCUT2D eigenvalue weighted by molar-refractivity contribution is 5.70. The fourth-order valence-electron chi connectivity index (χ4n) is 5.31. The molecule has 49 heavy (non-hydrogen) atoms. The third-order valence-corrected chi connectivity index (χ3v) is 8.32. The quantitative estimate of drug-likeness (QED) is 0.0295. The van der Waals surface area contributed by atoms with E-state index in [9.17, 15) is 19.5 Å². The normalized spacial score (nSPS) is 13.6. The fraction of sp³-hybridized carbons (Fsp3) is 0.732. The summed E-state index contributed by atoms with van der Waals surface area (Å²) in [7, 11) is 5.38. The highest BCUT2D eigenvalue weighted by Gasteiger charge is 2.25. The molecule has 0 aromatic rings. The first-order chi connectivity index (χ1) is 23.6. The minimum atomic E-state index is -1.13. The second-order valence-electron chi connectivity index (χ2n) is 13.9. The minimum absolute atomic E-state index is 0.0308. The molecule has 2 unspecified atom stereocenters. The Morgan fingerprint density at radius 1 is 0.633 bits per heavy atom. The summed E-state index contributed by atoms with van der Waals surface area (Å²) in [6.45, 7) is 4.46. The SMILES string of the molecule is CC/C=C/C=C/C=C/C=C/CCCCCCCC(=O)OC(COCCC(C(=O)[O-])[N+](C)(C)C)COC(=O)CCCCCCCCCCCC. The number of aliphatic carboxylic acids is 1. The molecule has 8 heteroatoms. The van der Waals surface area contributed by atoms with E-state index in [0.717, 1.165) is 64.2 Å². The molecule has 0 aromatic heterocycles. The molecule has 0 saturated carbocycles. The lowest BCUT2D eigenvalue weighted by Crippen LogP contribution is -2.55. The molecule has 0 bridgehead atoms. The Morgan fingerprint density at radius 3 is 1.69 bits per heavy atom. The average Bonchev–Trinajstić information content (AvgIpc) is 3.05. The van der Waals surface area contributed by atoms with Crippen LogP contribution in [0.2, 0.25) is 0 Å². The molecule has 0 N–H and O–H groups in total. The molecule has 2 atom stereocenters. The number of carboxylic acids is 1. The monoisotopic (exact) mass is 690 g/mol. The molecule has 8 nitrogen and oxygen atoms in total. The first kappa shape index (κ1) is 46.3. The van der Waals surface area contributed by atoms with Crippen LogP contribution in [0.3, 0.4) is 0 Å². The fourth-order valence-corrected chi connectivity index (χ4v) is 5.31. The van der Waals surface area contributed by atoms with Crippen LogP contribution in [0.5, 0.6) is 0 Å². The van der Waals surface area contributed by atoms with Crippen LogP contribution < -0.4 is 5.11 Å². The van der Waals surface area contributed by atoms with E-state index in [0.29, 0.717) is 12.8 Å². The summed E-state index contributed by atoms with van der Waals surface area (Å²) in [5.74, 6) is -1.77. The lowest BCUT2D eigenvalue weighted by Gasteiger charge is -2.34. The van der Waals surface area contributed by atoms with Crippen molar-refractivity contribution in [3.8, 4) is 0 Å². The third-order valence-electron chi connectivity index (χ3n) is 8.32. The van der Waals surface area contributed by atoms with Crippen LogP contribution in [-0.2, 0) is 28.6 Å². The topological polar surface area (TPSA) is 102 Å². The second kappa shape index (κ2) is 32.5. The Kier molecular flexibility index (Phi) is 30.7. The number of nitrogens with zero attached hydrogens (tertiary/aromatic N) is 1. The number of unbranched alkanes of at least 4 members (excludes halogenated alkanes) is 14. The zero-order chi connectivity index (χ0) is 36.4. The van der Waals surface area contributed by atoms with Crippen molar-refractivity contribution in [2.24, 2.45) is 0 Å². The molecule has 0 fully saturated rings. The molecular weight excluding hydrogens is 618 g/mol. The van der Waals surface area contributed by atoms with Gasteiger partial charge < -0.3 is 28.6 Å². The predicted octanol–water partition coefficient (Wildman–Crippen LogP) is 8.35. The van der Waals surface area contributed by atoms with Gasteiger partial charge in [-0.2, -0.15) is 0 Å². The van der Waals surface area contributed by atoms with Gasteiger partial charge in [-0.25, -0.2) is 0 Å². The van der Waals surface area contributed by atoms with Crippen molar-refractivity contribution in [3.63, 3.8) is 0 Å². The van der Waals surface area contributed by atoms with Crippen molar-refractivity contribution in [2.75, 3.05) is 41.0 Å². The molecule has 0 rings (SSSR count). The van der Waals surface area contributed by atoms with E-state index >= 15 is 0 Å². The number of rotatable bonds is 33. The van der Waals surface area contributed by atoms with E-state index in [2.05, 4.69) is 32.1 Å². The Hall–Kier alpha value is -2.71. The van der Waals surface area contributed by atoms with E-state index in [4.69, 9.17) is 14.2 Å². The molecule has 0 amide bonds. The van der Waals surface area contributed by atoms with Gasteiger partial charge >= 0.3 is 11.9 Å². The number of carboxylic acid groups (broad SMARTS) is 1. The van der Waals surface area contributed by atoms with Gasteiger partial charge in [0.1, 0.15) is 12.6 Å². The Bertz CT molecular complexity index is 948. The predicted molar refractivity (Wildman–Crippen MR) is 199 cm³/mol. The zero-order valence-corrected chi connectivity index (χ0v) is 31.8. The third kappa shape index (κ3) is 31.0. The van der Waals surface area contributed by atoms with Gasteiger partial charge in [-0.3, -0.25) is 9.59 Å². The molecule has 0 aromatic carbocycles. The molecule has 0 heterocycles. The van der Waals surface area contributed by atoms with E-state index < -0.39 is 18.1 Å². The number of hydrogen-bond donors (Lipinski definition) is 0. The summed E-state index contributed by atoms with van der Waals surface area (Å²) >= 11 is 0. The maximum Gasteiger partial charge on any atom is 0.306 e. The van der Waals surface area contributed by atoms with Crippen LogP contribution in [0.25, 0.3) is 0 Å². The Labute approximate surface area is 299 Å².